The monoisotopic (exact) mass is 589 g/mol. The van der Waals surface area contributed by atoms with E-state index in [1.165, 1.54) is 6.92 Å². The van der Waals surface area contributed by atoms with Crippen LogP contribution in [0.1, 0.15) is 24.2 Å². The van der Waals surface area contributed by atoms with Gasteiger partial charge in [-0.3, -0.25) is 9.59 Å². The molecule has 0 aliphatic carbocycles. The molecule has 1 aromatic heterocycles. The minimum absolute atomic E-state index is 0.130. The van der Waals surface area contributed by atoms with Crippen LogP contribution in [0.4, 0.5) is 28.1 Å². The normalized spacial score (nSPS) is 17.6. The number of benzene rings is 2. The molecule has 14 heteroatoms. The number of urea groups is 1. The number of aromatic nitrogens is 3. The van der Waals surface area contributed by atoms with Gasteiger partial charge >= 0.3 is 6.03 Å². The predicted molar refractivity (Wildman–Crippen MR) is 161 cm³/mol. The highest BCUT2D eigenvalue weighted by Gasteiger charge is 2.25. The molecule has 0 saturated carbocycles. The molecule has 2 saturated heterocycles. The number of hydrogen-bond acceptors (Lipinski definition) is 10. The Hall–Kier alpha value is -4.82. The first-order valence-corrected chi connectivity index (χ1v) is 14.1. The first kappa shape index (κ1) is 29.7. The van der Waals surface area contributed by atoms with Crippen molar-refractivity contribution in [2.75, 3.05) is 66.5 Å². The molecule has 2 aromatic carbocycles. The summed E-state index contributed by atoms with van der Waals surface area (Å²) in [6.45, 7) is 8.11. The van der Waals surface area contributed by atoms with Crippen molar-refractivity contribution < 1.29 is 23.9 Å². The van der Waals surface area contributed by atoms with Crippen LogP contribution in [-0.2, 0) is 14.3 Å². The summed E-state index contributed by atoms with van der Waals surface area (Å²) in [6.07, 6.45) is 0. The number of rotatable bonds is 8. The Morgan fingerprint density at radius 3 is 2.09 bits per heavy atom. The molecule has 3 aromatic rings. The number of hydrogen-bond donors (Lipinski definition) is 4. The average molecular weight is 590 g/mol. The minimum Gasteiger partial charge on any atom is -0.378 e. The second kappa shape index (κ2) is 13.4. The summed E-state index contributed by atoms with van der Waals surface area (Å²) in [4.78, 5) is 54.7. The van der Waals surface area contributed by atoms with Crippen LogP contribution in [-0.4, -0.2) is 90.9 Å². The van der Waals surface area contributed by atoms with Crippen LogP contribution in [0.3, 0.4) is 0 Å². The Morgan fingerprint density at radius 2 is 1.47 bits per heavy atom. The summed E-state index contributed by atoms with van der Waals surface area (Å²) < 4.78 is 11.1. The highest BCUT2D eigenvalue weighted by atomic mass is 16.5. The van der Waals surface area contributed by atoms with Gasteiger partial charge in [0.2, 0.25) is 17.8 Å². The summed E-state index contributed by atoms with van der Waals surface area (Å²) in [5.74, 6) is 0.679. The summed E-state index contributed by atoms with van der Waals surface area (Å²) in [7, 11) is 0. The zero-order valence-corrected chi connectivity index (χ0v) is 24.1. The van der Waals surface area contributed by atoms with Gasteiger partial charge in [0.1, 0.15) is 6.04 Å². The lowest BCUT2D eigenvalue weighted by atomic mass is 10.2. The van der Waals surface area contributed by atoms with Gasteiger partial charge in [-0.1, -0.05) is 0 Å². The third-order valence-corrected chi connectivity index (χ3v) is 7.11. The van der Waals surface area contributed by atoms with E-state index in [2.05, 4.69) is 32.7 Å². The Kier molecular flexibility index (Phi) is 9.27. The van der Waals surface area contributed by atoms with Gasteiger partial charge in [0.15, 0.2) is 5.82 Å². The van der Waals surface area contributed by atoms with Gasteiger partial charge in [0.05, 0.1) is 32.5 Å². The van der Waals surface area contributed by atoms with Crippen molar-refractivity contribution in [3.8, 4) is 11.4 Å². The summed E-state index contributed by atoms with van der Waals surface area (Å²) >= 11 is 0. The number of morpholine rings is 2. The summed E-state index contributed by atoms with van der Waals surface area (Å²) in [5, 5.41) is 8.04. The van der Waals surface area contributed by atoms with Gasteiger partial charge in [-0.2, -0.15) is 15.0 Å². The second-order valence-electron chi connectivity index (χ2n) is 10.3. The fraction of sp³-hybridized carbons (Fsp3) is 0.379. The maximum atomic E-state index is 12.6. The standard InChI is InChI=1S/C29H35N9O5/c1-18-17-43-16-13-38(18)28-35-25(34-27(36-28)37-11-14-42-15-12-37)20-3-7-22(8-4-20)32-29(41)33-23-9-5-21(6-10-23)26(40)31-19(2)24(30)39/h3-10,18-19H,11-17H2,1-2H3,(H2,30,39)(H,31,40)(H2,32,33,41)/t18-,19-/m0/s1. The number of nitrogens with two attached hydrogens (primary N) is 1. The van der Waals surface area contributed by atoms with E-state index in [1.807, 2.05) is 12.1 Å². The molecule has 2 atom stereocenters. The molecule has 43 heavy (non-hydrogen) atoms. The highest BCUT2D eigenvalue weighted by Crippen LogP contribution is 2.25. The van der Waals surface area contributed by atoms with Gasteiger partial charge < -0.3 is 41.0 Å². The zero-order chi connectivity index (χ0) is 30.3. The number of carbonyl (C=O) groups is 3. The highest BCUT2D eigenvalue weighted by molar-refractivity contribution is 6.01. The van der Waals surface area contributed by atoms with Crippen molar-refractivity contribution in [1.29, 1.82) is 0 Å². The van der Waals surface area contributed by atoms with E-state index in [1.54, 1.807) is 36.4 Å². The number of carbonyl (C=O) groups excluding carboxylic acids is 3. The Bertz CT molecular complexity index is 1450. The zero-order valence-electron chi connectivity index (χ0n) is 24.1. The van der Waals surface area contributed by atoms with Crippen LogP contribution in [0.2, 0.25) is 0 Å². The van der Waals surface area contributed by atoms with Crippen molar-refractivity contribution >= 4 is 41.1 Å². The lowest BCUT2D eigenvalue weighted by molar-refractivity contribution is -0.119. The molecule has 2 aliphatic heterocycles. The fourth-order valence-electron chi connectivity index (χ4n) is 4.59. The molecular formula is C29H35N9O5. The van der Waals surface area contributed by atoms with Gasteiger partial charge in [-0.25, -0.2) is 4.79 Å². The van der Waals surface area contributed by atoms with Crippen LogP contribution < -0.4 is 31.5 Å². The molecule has 0 unspecified atom stereocenters. The summed E-state index contributed by atoms with van der Waals surface area (Å²) in [6, 6.07) is 12.4. The van der Waals surface area contributed by atoms with Crippen molar-refractivity contribution in [2.24, 2.45) is 5.73 Å². The van der Waals surface area contributed by atoms with E-state index in [0.717, 1.165) is 5.56 Å². The maximum absolute atomic E-state index is 12.6. The van der Waals surface area contributed by atoms with Gasteiger partial charge in [0, 0.05) is 42.1 Å². The minimum atomic E-state index is -0.796. The van der Waals surface area contributed by atoms with Crippen LogP contribution >= 0.6 is 0 Å². The van der Waals surface area contributed by atoms with Crippen LogP contribution in [0.25, 0.3) is 11.4 Å². The van der Waals surface area contributed by atoms with Gasteiger partial charge in [0.25, 0.3) is 5.91 Å². The molecule has 2 fully saturated rings. The molecule has 2 aliphatic rings. The van der Waals surface area contributed by atoms with Crippen LogP contribution in [0.15, 0.2) is 48.5 Å². The number of anilines is 4. The van der Waals surface area contributed by atoms with Gasteiger partial charge in [-0.15, -0.1) is 0 Å². The van der Waals surface area contributed by atoms with E-state index in [0.29, 0.717) is 80.7 Å². The van der Waals surface area contributed by atoms with Crippen molar-refractivity contribution in [1.82, 2.24) is 20.3 Å². The van der Waals surface area contributed by atoms with Crippen LogP contribution in [0.5, 0.6) is 0 Å². The van der Waals surface area contributed by atoms with Crippen molar-refractivity contribution in [3.05, 3.63) is 54.1 Å². The molecule has 226 valence electrons. The van der Waals surface area contributed by atoms with Crippen LogP contribution in [0, 0.1) is 0 Å². The number of nitrogens with zero attached hydrogens (tertiary/aromatic N) is 5. The van der Waals surface area contributed by atoms with E-state index in [-0.39, 0.29) is 6.04 Å². The van der Waals surface area contributed by atoms with E-state index in [9.17, 15) is 14.4 Å². The first-order chi connectivity index (χ1) is 20.8. The second-order valence-corrected chi connectivity index (χ2v) is 10.3. The number of nitrogens with one attached hydrogen (secondary N) is 3. The molecule has 14 nitrogen and oxygen atoms in total. The van der Waals surface area contributed by atoms with E-state index in [4.69, 9.17) is 30.2 Å². The van der Waals surface area contributed by atoms with E-state index >= 15 is 0 Å². The molecule has 4 amide bonds. The molecule has 3 heterocycles. The fourth-order valence-corrected chi connectivity index (χ4v) is 4.59. The lowest BCUT2D eigenvalue weighted by Crippen LogP contribution is -2.45. The van der Waals surface area contributed by atoms with Crippen molar-refractivity contribution in [3.63, 3.8) is 0 Å². The third-order valence-electron chi connectivity index (χ3n) is 7.11. The average Bonchev–Trinajstić information content (AvgIpc) is 3.02. The third kappa shape index (κ3) is 7.53. The molecule has 5 N–H and O–H groups in total. The largest absolute Gasteiger partial charge is 0.378 e. The number of primary amides is 1. The van der Waals surface area contributed by atoms with Crippen molar-refractivity contribution in [2.45, 2.75) is 25.9 Å². The summed E-state index contributed by atoms with van der Waals surface area (Å²) in [5.41, 5.74) is 7.36. The first-order valence-electron chi connectivity index (χ1n) is 14.1. The van der Waals surface area contributed by atoms with E-state index < -0.39 is 23.9 Å². The SMILES string of the molecule is C[C@H](NC(=O)c1ccc(NC(=O)Nc2ccc(-c3nc(N4CCOCC4)nc(N4CCOC[C@@H]4C)n3)cc2)cc1)C(N)=O. The smallest absolute Gasteiger partial charge is 0.323 e. The molecule has 0 radical (unpaired) electrons. The predicted octanol–water partition coefficient (Wildman–Crippen LogP) is 1.85. The topological polar surface area (TPSA) is 177 Å². The molecular weight excluding hydrogens is 554 g/mol. The maximum Gasteiger partial charge on any atom is 0.323 e. The molecule has 0 bridgehead atoms. The Balaban J connectivity index is 1.26. The lowest BCUT2D eigenvalue weighted by Gasteiger charge is -2.34. The Morgan fingerprint density at radius 1 is 0.860 bits per heavy atom. The van der Waals surface area contributed by atoms with Gasteiger partial charge in [-0.05, 0) is 62.4 Å². The molecule has 0 spiro atoms. The number of amides is 4. The quantitative estimate of drug-likeness (QED) is 0.303. The molecule has 5 rings (SSSR count). The number of ether oxygens (including phenoxy) is 2. The Labute approximate surface area is 249 Å².